The summed E-state index contributed by atoms with van der Waals surface area (Å²) in [5.41, 5.74) is 12.8. The van der Waals surface area contributed by atoms with Crippen molar-refractivity contribution in [2.24, 2.45) is 5.73 Å². The van der Waals surface area contributed by atoms with Crippen LogP contribution in [0.1, 0.15) is 15.4 Å². The van der Waals surface area contributed by atoms with E-state index in [0.29, 0.717) is 17.8 Å². The van der Waals surface area contributed by atoms with Crippen molar-refractivity contribution in [2.75, 3.05) is 17.6 Å². The minimum Gasteiger partial charge on any atom is -0.397 e. The Morgan fingerprint density at radius 2 is 2.28 bits per heavy atom. The number of nitrogens with zero attached hydrogens (tertiary/aromatic N) is 1. The highest BCUT2D eigenvalue weighted by Crippen LogP contribution is 2.20. The molecule has 1 heterocycles. The Morgan fingerprint density at radius 1 is 1.44 bits per heavy atom. The molecule has 0 unspecified atom stereocenters. The summed E-state index contributed by atoms with van der Waals surface area (Å²) < 4.78 is 0. The van der Waals surface area contributed by atoms with Gasteiger partial charge in [-0.15, -0.1) is 11.3 Å². The number of anilines is 2. The van der Waals surface area contributed by atoms with Crippen molar-refractivity contribution in [3.05, 3.63) is 40.3 Å². The third kappa shape index (κ3) is 2.98. The Balaban J connectivity index is 2.00. The summed E-state index contributed by atoms with van der Waals surface area (Å²) in [5, 5.41) is 6.18. The Kier molecular flexibility index (Phi) is 3.78. The van der Waals surface area contributed by atoms with Gasteiger partial charge in [0.05, 0.1) is 16.4 Å². The van der Waals surface area contributed by atoms with Crippen LogP contribution in [0.3, 0.4) is 0 Å². The van der Waals surface area contributed by atoms with Gasteiger partial charge in [0.1, 0.15) is 0 Å². The second-order valence-electron chi connectivity index (χ2n) is 3.77. The molecular weight excluding hydrogens is 248 g/mol. The van der Waals surface area contributed by atoms with Gasteiger partial charge < -0.3 is 16.8 Å². The molecule has 0 aliphatic rings. The number of nitrogens with one attached hydrogen (secondary N) is 1. The minimum atomic E-state index is -0.460. The van der Waals surface area contributed by atoms with E-state index in [0.717, 1.165) is 17.1 Å². The highest BCUT2D eigenvalue weighted by atomic mass is 32.1. The van der Waals surface area contributed by atoms with Gasteiger partial charge in [-0.05, 0) is 18.2 Å². The SMILES string of the molecule is NC(=O)c1ccc(N)c(NCCc2nccs2)c1. The molecule has 94 valence electrons. The van der Waals surface area contributed by atoms with Crippen LogP contribution in [-0.4, -0.2) is 17.4 Å². The lowest BCUT2D eigenvalue weighted by atomic mass is 10.1. The van der Waals surface area contributed by atoms with E-state index in [-0.39, 0.29) is 0 Å². The molecule has 5 nitrogen and oxygen atoms in total. The molecule has 1 aromatic heterocycles. The quantitative estimate of drug-likeness (QED) is 0.711. The number of benzene rings is 1. The standard InChI is InChI=1S/C12H14N4OS/c13-9-2-1-8(12(14)17)7-10(9)15-4-3-11-16-5-6-18-11/h1-2,5-7,15H,3-4,13H2,(H2,14,17). The van der Waals surface area contributed by atoms with Gasteiger partial charge in [0.2, 0.25) is 5.91 Å². The number of rotatable bonds is 5. The average molecular weight is 262 g/mol. The van der Waals surface area contributed by atoms with Crippen LogP contribution < -0.4 is 16.8 Å². The number of hydrogen-bond donors (Lipinski definition) is 3. The van der Waals surface area contributed by atoms with E-state index >= 15 is 0 Å². The van der Waals surface area contributed by atoms with Gasteiger partial charge >= 0.3 is 0 Å². The molecule has 1 aromatic carbocycles. The Labute approximate surface area is 109 Å². The zero-order chi connectivity index (χ0) is 13.0. The van der Waals surface area contributed by atoms with Crippen LogP contribution in [-0.2, 0) is 6.42 Å². The molecule has 0 spiro atoms. The molecule has 2 rings (SSSR count). The normalized spacial score (nSPS) is 10.2. The molecule has 0 fully saturated rings. The van der Waals surface area contributed by atoms with Crippen LogP contribution >= 0.6 is 11.3 Å². The number of amides is 1. The van der Waals surface area contributed by atoms with Crippen molar-refractivity contribution in [1.29, 1.82) is 0 Å². The fourth-order valence-electron chi connectivity index (χ4n) is 1.54. The summed E-state index contributed by atoms with van der Waals surface area (Å²) in [7, 11) is 0. The van der Waals surface area contributed by atoms with Crippen molar-refractivity contribution in [3.8, 4) is 0 Å². The van der Waals surface area contributed by atoms with Crippen molar-refractivity contribution < 1.29 is 4.79 Å². The number of thiazole rings is 1. The topological polar surface area (TPSA) is 94.0 Å². The van der Waals surface area contributed by atoms with E-state index in [4.69, 9.17) is 11.5 Å². The van der Waals surface area contributed by atoms with Crippen molar-refractivity contribution >= 4 is 28.6 Å². The number of primary amides is 1. The molecule has 0 aliphatic heterocycles. The van der Waals surface area contributed by atoms with E-state index in [2.05, 4.69) is 10.3 Å². The summed E-state index contributed by atoms with van der Waals surface area (Å²) >= 11 is 1.61. The first-order valence-corrected chi connectivity index (χ1v) is 6.36. The molecule has 0 aliphatic carbocycles. The van der Waals surface area contributed by atoms with Gasteiger partial charge in [-0.3, -0.25) is 4.79 Å². The van der Waals surface area contributed by atoms with Gasteiger partial charge in [-0.25, -0.2) is 4.98 Å². The molecule has 18 heavy (non-hydrogen) atoms. The van der Waals surface area contributed by atoms with E-state index in [9.17, 15) is 4.79 Å². The fourth-order valence-corrected chi connectivity index (χ4v) is 2.16. The number of hydrogen-bond acceptors (Lipinski definition) is 5. The lowest BCUT2D eigenvalue weighted by Crippen LogP contribution is -2.13. The van der Waals surface area contributed by atoms with Gasteiger partial charge in [0.25, 0.3) is 0 Å². The largest absolute Gasteiger partial charge is 0.397 e. The maximum Gasteiger partial charge on any atom is 0.248 e. The molecule has 2 aromatic rings. The summed E-state index contributed by atoms with van der Waals surface area (Å²) in [5.74, 6) is -0.460. The molecular formula is C12H14N4OS. The second-order valence-corrected chi connectivity index (χ2v) is 4.75. The zero-order valence-electron chi connectivity index (χ0n) is 9.72. The number of carbonyl (C=O) groups is 1. The highest BCUT2D eigenvalue weighted by molar-refractivity contribution is 7.09. The third-order valence-corrected chi connectivity index (χ3v) is 3.32. The number of nitrogens with two attached hydrogens (primary N) is 2. The number of aromatic nitrogens is 1. The molecule has 0 saturated carbocycles. The molecule has 0 radical (unpaired) electrons. The van der Waals surface area contributed by atoms with E-state index in [1.807, 2.05) is 5.38 Å². The molecule has 5 N–H and O–H groups in total. The van der Waals surface area contributed by atoms with Gasteiger partial charge in [-0.1, -0.05) is 0 Å². The first-order chi connectivity index (χ1) is 8.66. The van der Waals surface area contributed by atoms with Crippen LogP contribution in [0.5, 0.6) is 0 Å². The van der Waals surface area contributed by atoms with Crippen LogP contribution in [0.4, 0.5) is 11.4 Å². The van der Waals surface area contributed by atoms with Crippen LogP contribution in [0.25, 0.3) is 0 Å². The maximum absolute atomic E-state index is 11.1. The Bertz CT molecular complexity index is 539. The first-order valence-electron chi connectivity index (χ1n) is 5.48. The van der Waals surface area contributed by atoms with Gasteiger partial charge in [0.15, 0.2) is 0 Å². The van der Waals surface area contributed by atoms with Crippen LogP contribution in [0, 0.1) is 0 Å². The zero-order valence-corrected chi connectivity index (χ0v) is 10.5. The summed E-state index contributed by atoms with van der Waals surface area (Å²) in [6.45, 7) is 0.708. The molecule has 1 amide bonds. The minimum absolute atomic E-state index is 0.445. The van der Waals surface area contributed by atoms with Crippen LogP contribution in [0.15, 0.2) is 29.8 Å². The third-order valence-electron chi connectivity index (χ3n) is 2.48. The van der Waals surface area contributed by atoms with Gasteiger partial charge in [-0.2, -0.15) is 0 Å². The summed E-state index contributed by atoms with van der Waals surface area (Å²) in [6, 6.07) is 4.95. The van der Waals surface area contributed by atoms with Crippen molar-refractivity contribution in [2.45, 2.75) is 6.42 Å². The number of nitrogen functional groups attached to an aromatic ring is 1. The summed E-state index contributed by atoms with van der Waals surface area (Å²) in [6.07, 6.45) is 2.60. The smallest absolute Gasteiger partial charge is 0.248 e. The predicted octanol–water partition coefficient (Wildman–Crippen LogP) is 1.48. The van der Waals surface area contributed by atoms with Crippen LogP contribution in [0.2, 0.25) is 0 Å². The average Bonchev–Trinajstić information content (AvgIpc) is 2.84. The van der Waals surface area contributed by atoms with Crippen molar-refractivity contribution in [1.82, 2.24) is 4.98 Å². The van der Waals surface area contributed by atoms with E-state index in [1.165, 1.54) is 0 Å². The second kappa shape index (κ2) is 5.50. The Morgan fingerprint density at radius 3 is 2.94 bits per heavy atom. The molecule has 0 saturated heterocycles. The maximum atomic E-state index is 11.1. The highest BCUT2D eigenvalue weighted by Gasteiger charge is 2.05. The lowest BCUT2D eigenvalue weighted by Gasteiger charge is -2.09. The van der Waals surface area contributed by atoms with E-state index < -0.39 is 5.91 Å². The monoisotopic (exact) mass is 262 g/mol. The summed E-state index contributed by atoms with van der Waals surface area (Å²) in [4.78, 5) is 15.3. The lowest BCUT2D eigenvalue weighted by molar-refractivity contribution is 0.100. The van der Waals surface area contributed by atoms with Crippen molar-refractivity contribution in [3.63, 3.8) is 0 Å². The molecule has 0 atom stereocenters. The fraction of sp³-hybridized carbons (Fsp3) is 0.167. The number of carbonyl (C=O) groups excluding carboxylic acids is 1. The first kappa shape index (κ1) is 12.4. The Hall–Kier alpha value is -2.08. The molecule has 0 bridgehead atoms. The molecule has 6 heteroatoms. The van der Waals surface area contributed by atoms with E-state index in [1.54, 1.807) is 35.7 Å². The van der Waals surface area contributed by atoms with Gasteiger partial charge in [0, 0.05) is 30.1 Å². The predicted molar refractivity (Wildman–Crippen MR) is 73.7 cm³/mol.